The van der Waals surface area contributed by atoms with Gasteiger partial charge in [0.15, 0.2) is 16.7 Å². The fourth-order valence-corrected chi connectivity index (χ4v) is 4.60. The summed E-state index contributed by atoms with van der Waals surface area (Å²) < 4.78 is 16.8. The average molecular weight is 459 g/mol. The molecule has 0 bridgehead atoms. The van der Waals surface area contributed by atoms with Gasteiger partial charge in [-0.1, -0.05) is 44.3 Å². The molecule has 32 heavy (non-hydrogen) atoms. The number of fused-ring (bicyclic) bond motifs is 1. The van der Waals surface area contributed by atoms with E-state index in [1.807, 2.05) is 25.1 Å². The van der Waals surface area contributed by atoms with Gasteiger partial charge < -0.3 is 14.2 Å². The average Bonchev–Trinajstić information content (AvgIpc) is 3.04. The van der Waals surface area contributed by atoms with Crippen LogP contribution in [0.3, 0.4) is 0 Å². The van der Waals surface area contributed by atoms with E-state index < -0.39 is 12.0 Å². The second-order valence-electron chi connectivity index (χ2n) is 8.09. The first-order valence-electron chi connectivity index (χ1n) is 10.7. The van der Waals surface area contributed by atoms with E-state index in [1.165, 1.54) is 17.8 Å². The molecular weight excluding hydrogens is 428 g/mol. The summed E-state index contributed by atoms with van der Waals surface area (Å²) in [6.45, 7) is 12.1. The normalized spacial score (nSPS) is 20.2. The zero-order chi connectivity index (χ0) is 23.4. The van der Waals surface area contributed by atoms with Crippen LogP contribution in [-0.4, -0.2) is 47.5 Å². The molecule has 0 spiro atoms. The Hall–Kier alpha value is -2.74. The molecular formula is C24H30N2O5S. The molecule has 2 unspecified atom stereocenters. The van der Waals surface area contributed by atoms with Gasteiger partial charge in [0.1, 0.15) is 6.61 Å². The number of ether oxygens (including phenoxy) is 3. The molecule has 2 atom stereocenters. The molecule has 1 aromatic carbocycles. The Morgan fingerprint density at radius 1 is 1.34 bits per heavy atom. The SMILES string of the molecule is C=CCOC(=O)C1=C(C)N=C2SC(C)C(=O)N2C1c1ccc(OCCC(C)C)c(OC)c1. The van der Waals surface area contributed by atoms with E-state index in [0.29, 0.717) is 40.5 Å². The van der Waals surface area contributed by atoms with E-state index in [2.05, 4.69) is 25.4 Å². The molecule has 0 saturated carbocycles. The molecule has 0 N–H and O–H groups in total. The summed E-state index contributed by atoms with van der Waals surface area (Å²) in [5.41, 5.74) is 1.58. The molecule has 1 aromatic rings. The molecule has 1 amide bonds. The number of carbonyl (C=O) groups excluding carboxylic acids is 2. The third kappa shape index (κ3) is 4.85. The summed E-state index contributed by atoms with van der Waals surface area (Å²) in [5.74, 6) is 1.06. The maximum atomic E-state index is 13.0. The number of nitrogens with zero attached hydrogens (tertiary/aromatic N) is 2. The van der Waals surface area contributed by atoms with Gasteiger partial charge in [0, 0.05) is 0 Å². The molecule has 2 heterocycles. The van der Waals surface area contributed by atoms with Crippen LogP contribution in [0.15, 0.2) is 47.1 Å². The number of hydrogen-bond donors (Lipinski definition) is 0. The second kappa shape index (κ2) is 10.3. The lowest BCUT2D eigenvalue weighted by Gasteiger charge is -2.33. The minimum Gasteiger partial charge on any atom is -0.493 e. The van der Waals surface area contributed by atoms with Crippen molar-refractivity contribution < 1.29 is 23.8 Å². The van der Waals surface area contributed by atoms with Gasteiger partial charge in [-0.05, 0) is 43.9 Å². The molecule has 8 heteroatoms. The lowest BCUT2D eigenvalue weighted by atomic mass is 9.94. The number of benzene rings is 1. The highest BCUT2D eigenvalue weighted by molar-refractivity contribution is 8.15. The minimum atomic E-state index is -0.664. The summed E-state index contributed by atoms with van der Waals surface area (Å²) in [5, 5.41) is 0.301. The highest BCUT2D eigenvalue weighted by Gasteiger charge is 2.46. The first kappa shape index (κ1) is 23.9. The Kier molecular flexibility index (Phi) is 7.66. The zero-order valence-corrected chi connectivity index (χ0v) is 20.0. The fourth-order valence-electron chi connectivity index (χ4n) is 3.57. The number of allylic oxidation sites excluding steroid dienone is 1. The van der Waals surface area contributed by atoms with Gasteiger partial charge in [0.25, 0.3) is 0 Å². The van der Waals surface area contributed by atoms with Crippen LogP contribution in [0, 0.1) is 5.92 Å². The summed E-state index contributed by atoms with van der Waals surface area (Å²) in [6.07, 6.45) is 2.43. The molecule has 0 aliphatic carbocycles. The van der Waals surface area contributed by atoms with Gasteiger partial charge in [-0.2, -0.15) is 0 Å². The number of amidine groups is 1. The predicted octanol–water partition coefficient (Wildman–Crippen LogP) is 4.50. The van der Waals surface area contributed by atoms with Crippen molar-refractivity contribution >= 4 is 28.8 Å². The van der Waals surface area contributed by atoms with Gasteiger partial charge in [0.05, 0.1) is 36.3 Å². The topological polar surface area (TPSA) is 77.4 Å². The molecule has 7 nitrogen and oxygen atoms in total. The van der Waals surface area contributed by atoms with Gasteiger partial charge in [-0.3, -0.25) is 9.69 Å². The lowest BCUT2D eigenvalue weighted by molar-refractivity contribution is -0.139. The number of methoxy groups -OCH3 is 1. The van der Waals surface area contributed by atoms with Crippen LogP contribution in [0.1, 0.15) is 45.7 Å². The predicted molar refractivity (Wildman–Crippen MR) is 126 cm³/mol. The lowest BCUT2D eigenvalue weighted by Crippen LogP contribution is -2.40. The van der Waals surface area contributed by atoms with Crippen LogP contribution < -0.4 is 9.47 Å². The summed E-state index contributed by atoms with van der Waals surface area (Å²) in [6, 6.07) is 4.82. The number of thioether (sulfide) groups is 1. The minimum absolute atomic E-state index is 0.0734. The third-order valence-corrected chi connectivity index (χ3v) is 6.32. The summed E-state index contributed by atoms with van der Waals surface area (Å²) in [4.78, 5) is 32.1. The number of aliphatic imine (C=N–C) groups is 1. The monoisotopic (exact) mass is 458 g/mol. The highest BCUT2D eigenvalue weighted by atomic mass is 32.2. The zero-order valence-electron chi connectivity index (χ0n) is 19.2. The quantitative estimate of drug-likeness (QED) is 0.401. The van der Waals surface area contributed by atoms with E-state index >= 15 is 0 Å². The first-order chi connectivity index (χ1) is 15.3. The molecule has 0 radical (unpaired) electrons. The van der Waals surface area contributed by atoms with Crippen molar-refractivity contribution in [1.29, 1.82) is 0 Å². The van der Waals surface area contributed by atoms with Crippen LogP contribution in [0.4, 0.5) is 0 Å². The van der Waals surface area contributed by atoms with Gasteiger partial charge in [-0.25, -0.2) is 9.79 Å². The smallest absolute Gasteiger partial charge is 0.338 e. The number of carbonyl (C=O) groups is 2. The number of esters is 1. The van der Waals surface area contributed by atoms with E-state index in [-0.39, 0.29) is 17.8 Å². The van der Waals surface area contributed by atoms with E-state index in [4.69, 9.17) is 14.2 Å². The molecule has 1 saturated heterocycles. The van der Waals surface area contributed by atoms with Crippen LogP contribution in [0.2, 0.25) is 0 Å². The van der Waals surface area contributed by atoms with Crippen LogP contribution in [0.5, 0.6) is 11.5 Å². The van der Waals surface area contributed by atoms with Crippen molar-refractivity contribution in [3.05, 3.63) is 47.7 Å². The first-order valence-corrected chi connectivity index (χ1v) is 11.5. The fraction of sp³-hybridized carbons (Fsp3) is 0.458. The number of amides is 1. The van der Waals surface area contributed by atoms with Crippen molar-refractivity contribution in [2.24, 2.45) is 10.9 Å². The Morgan fingerprint density at radius 2 is 2.09 bits per heavy atom. The van der Waals surface area contributed by atoms with Crippen molar-refractivity contribution in [3.8, 4) is 11.5 Å². The molecule has 2 aliphatic rings. The number of hydrogen-bond acceptors (Lipinski definition) is 7. The van der Waals surface area contributed by atoms with Gasteiger partial charge in [-0.15, -0.1) is 0 Å². The molecule has 0 aromatic heterocycles. The Labute approximate surface area is 193 Å². The maximum Gasteiger partial charge on any atom is 0.338 e. The van der Waals surface area contributed by atoms with Gasteiger partial charge in [0.2, 0.25) is 5.91 Å². The Bertz CT molecular complexity index is 969. The molecule has 3 rings (SSSR count). The largest absolute Gasteiger partial charge is 0.493 e. The second-order valence-corrected chi connectivity index (χ2v) is 9.40. The standard InChI is InChI=1S/C24H30N2O5S/c1-7-11-31-23(28)20-15(4)25-24-26(22(27)16(5)32-24)21(20)17-8-9-18(19(13-17)29-6)30-12-10-14(2)3/h7-9,13-14,16,21H,1,10-12H2,2-6H3. The van der Waals surface area contributed by atoms with E-state index in [9.17, 15) is 9.59 Å². The van der Waals surface area contributed by atoms with Crippen LogP contribution >= 0.6 is 11.8 Å². The highest BCUT2D eigenvalue weighted by Crippen LogP contribution is 2.44. The van der Waals surface area contributed by atoms with Crippen molar-refractivity contribution in [2.45, 2.75) is 45.4 Å². The van der Waals surface area contributed by atoms with Gasteiger partial charge >= 0.3 is 5.97 Å². The van der Waals surface area contributed by atoms with Crippen molar-refractivity contribution in [2.75, 3.05) is 20.3 Å². The molecule has 1 fully saturated rings. The Morgan fingerprint density at radius 3 is 2.75 bits per heavy atom. The Balaban J connectivity index is 2.02. The van der Waals surface area contributed by atoms with Crippen LogP contribution in [-0.2, 0) is 14.3 Å². The van der Waals surface area contributed by atoms with E-state index in [1.54, 1.807) is 18.9 Å². The van der Waals surface area contributed by atoms with Crippen LogP contribution in [0.25, 0.3) is 0 Å². The van der Waals surface area contributed by atoms with E-state index in [0.717, 1.165) is 12.0 Å². The number of rotatable bonds is 9. The molecule has 2 aliphatic heterocycles. The summed E-state index contributed by atoms with van der Waals surface area (Å²) >= 11 is 1.39. The summed E-state index contributed by atoms with van der Waals surface area (Å²) in [7, 11) is 1.57. The molecule has 172 valence electrons. The maximum absolute atomic E-state index is 13.0. The third-order valence-electron chi connectivity index (χ3n) is 5.27. The van der Waals surface area contributed by atoms with Crippen molar-refractivity contribution in [1.82, 2.24) is 4.90 Å². The van der Waals surface area contributed by atoms with Crippen molar-refractivity contribution in [3.63, 3.8) is 0 Å².